The van der Waals surface area contributed by atoms with Crippen molar-refractivity contribution in [3.05, 3.63) is 81.0 Å². The van der Waals surface area contributed by atoms with E-state index in [9.17, 15) is 9.59 Å². The molecule has 0 aliphatic heterocycles. The highest BCUT2D eigenvalue weighted by molar-refractivity contribution is 6.35. The smallest absolute Gasteiger partial charge is 0.379 e. The highest BCUT2D eigenvalue weighted by Gasteiger charge is 2.29. The Hall–Kier alpha value is -3.16. The van der Waals surface area contributed by atoms with Crippen LogP contribution in [0.2, 0.25) is 10.0 Å². The van der Waals surface area contributed by atoms with E-state index in [2.05, 4.69) is 15.5 Å². The minimum atomic E-state index is -0.671. The van der Waals surface area contributed by atoms with Crippen LogP contribution < -0.4 is 10.2 Å². The monoisotopic (exact) mass is 457 g/mol. The van der Waals surface area contributed by atoms with Crippen molar-refractivity contribution in [1.82, 2.24) is 10.4 Å². The zero-order valence-electron chi connectivity index (χ0n) is 16.4. The molecule has 1 aliphatic rings. The molecule has 0 saturated carbocycles. The molecule has 7 nitrogen and oxygen atoms in total. The summed E-state index contributed by atoms with van der Waals surface area (Å²) in [7, 11) is 0. The lowest BCUT2D eigenvalue weighted by Gasteiger charge is -2.13. The number of rotatable bonds is 4. The molecular weight excluding hydrogens is 441 g/mol. The zero-order chi connectivity index (χ0) is 22.0. The van der Waals surface area contributed by atoms with Crippen LogP contribution in [-0.2, 0) is 6.42 Å². The molecule has 0 radical (unpaired) electrons. The Morgan fingerprint density at radius 1 is 1.23 bits per heavy atom. The second-order valence-electron chi connectivity index (χ2n) is 6.91. The van der Waals surface area contributed by atoms with Crippen molar-refractivity contribution in [2.24, 2.45) is 5.10 Å². The average molecular weight is 458 g/mol. The first kappa shape index (κ1) is 21.1. The molecule has 158 valence electrons. The fraction of sp³-hybridized carbons (Fsp3) is 0.182. The van der Waals surface area contributed by atoms with Crippen LogP contribution in [0.1, 0.15) is 50.6 Å². The molecule has 1 N–H and O–H groups in total. The van der Waals surface area contributed by atoms with E-state index in [0.29, 0.717) is 46.0 Å². The number of nitrogens with zero attached hydrogens (tertiary/aromatic N) is 2. The Morgan fingerprint density at radius 2 is 2.06 bits per heavy atom. The number of aryl methyl sites for hydroxylation is 1. The van der Waals surface area contributed by atoms with Crippen molar-refractivity contribution in [3.8, 4) is 5.75 Å². The van der Waals surface area contributed by atoms with Crippen LogP contribution in [0.15, 0.2) is 52.2 Å². The van der Waals surface area contributed by atoms with Gasteiger partial charge in [0.05, 0.1) is 16.3 Å². The molecule has 1 aliphatic carbocycles. The summed E-state index contributed by atoms with van der Waals surface area (Å²) in [6, 6.07) is 7.90. The van der Waals surface area contributed by atoms with E-state index in [4.69, 9.17) is 32.4 Å². The number of carbonyl (C=O) groups is 2. The molecule has 0 atom stereocenters. The molecule has 1 aromatic carbocycles. The molecule has 9 heteroatoms. The number of hydrazone groups is 1. The van der Waals surface area contributed by atoms with Gasteiger partial charge in [-0.05, 0) is 50.1 Å². The van der Waals surface area contributed by atoms with Crippen LogP contribution in [-0.4, -0.2) is 22.6 Å². The minimum Gasteiger partial charge on any atom is -0.453 e. The van der Waals surface area contributed by atoms with Crippen LogP contribution in [0.25, 0.3) is 0 Å². The van der Waals surface area contributed by atoms with Gasteiger partial charge in [0, 0.05) is 35.0 Å². The summed E-state index contributed by atoms with van der Waals surface area (Å²) in [5.41, 5.74) is 4.90. The number of esters is 1. The Labute approximate surface area is 188 Å². The standard InChI is InChI=1S/C22H17Cl2N3O4/c1-12-19-16(26-27-21(28)13-4-3-9-25-11-13)5-2-6-18(19)30-20(12)22(29)31-17-8-7-14(23)10-15(17)24/h3-4,7-11H,2,5-6H2,1H3,(H,27,28)/b26-16+. The molecule has 31 heavy (non-hydrogen) atoms. The lowest BCUT2D eigenvalue weighted by atomic mass is 9.93. The van der Waals surface area contributed by atoms with E-state index in [-0.39, 0.29) is 22.4 Å². The topological polar surface area (TPSA) is 93.8 Å². The van der Waals surface area contributed by atoms with Gasteiger partial charge in [-0.2, -0.15) is 5.10 Å². The molecular formula is C22H17Cl2N3O4. The van der Waals surface area contributed by atoms with Crippen LogP contribution in [0.5, 0.6) is 5.75 Å². The highest BCUT2D eigenvalue weighted by atomic mass is 35.5. The predicted octanol–water partition coefficient (Wildman–Crippen LogP) is 4.98. The number of fused-ring (bicyclic) bond motifs is 1. The van der Waals surface area contributed by atoms with Gasteiger partial charge in [0.1, 0.15) is 11.5 Å². The Balaban J connectivity index is 1.58. The second-order valence-corrected chi connectivity index (χ2v) is 7.76. The van der Waals surface area contributed by atoms with Gasteiger partial charge in [0.15, 0.2) is 0 Å². The van der Waals surface area contributed by atoms with Crippen molar-refractivity contribution in [2.45, 2.75) is 26.2 Å². The molecule has 4 rings (SSSR count). The van der Waals surface area contributed by atoms with Gasteiger partial charge in [-0.25, -0.2) is 10.2 Å². The number of aromatic nitrogens is 1. The maximum Gasteiger partial charge on any atom is 0.379 e. The van der Waals surface area contributed by atoms with Gasteiger partial charge < -0.3 is 9.15 Å². The highest BCUT2D eigenvalue weighted by Crippen LogP contribution is 2.32. The van der Waals surface area contributed by atoms with Crippen LogP contribution >= 0.6 is 23.2 Å². The lowest BCUT2D eigenvalue weighted by molar-refractivity contribution is 0.0698. The third kappa shape index (κ3) is 4.47. The number of benzene rings is 1. The quantitative estimate of drug-likeness (QED) is 0.338. The average Bonchev–Trinajstić information content (AvgIpc) is 3.12. The molecule has 2 aromatic heterocycles. The molecule has 0 saturated heterocycles. The number of halogens is 2. The first-order chi connectivity index (χ1) is 14.9. The zero-order valence-corrected chi connectivity index (χ0v) is 18.0. The molecule has 2 heterocycles. The second kappa shape index (κ2) is 8.91. The summed E-state index contributed by atoms with van der Waals surface area (Å²) >= 11 is 12.0. The summed E-state index contributed by atoms with van der Waals surface area (Å²) in [5.74, 6) is -0.153. The van der Waals surface area contributed by atoms with Gasteiger partial charge in [0.25, 0.3) is 5.91 Å². The van der Waals surface area contributed by atoms with Crippen molar-refractivity contribution < 1.29 is 18.7 Å². The maximum absolute atomic E-state index is 12.7. The van der Waals surface area contributed by atoms with Crippen molar-refractivity contribution in [2.75, 3.05) is 0 Å². The Bertz CT molecular complexity index is 1190. The summed E-state index contributed by atoms with van der Waals surface area (Å²) in [5, 5.41) is 4.94. The number of amides is 1. The third-order valence-corrected chi connectivity index (χ3v) is 5.35. The SMILES string of the molecule is Cc1c(C(=O)Oc2ccc(Cl)cc2Cl)oc2c1/C(=N/NC(=O)c1cccnc1)CCC2. The summed E-state index contributed by atoms with van der Waals surface area (Å²) in [6.07, 6.45) is 5.11. The molecule has 3 aromatic rings. The molecule has 0 unspecified atom stereocenters. The minimum absolute atomic E-state index is 0.0733. The Morgan fingerprint density at radius 3 is 2.81 bits per heavy atom. The summed E-state index contributed by atoms with van der Waals surface area (Å²) < 4.78 is 11.2. The molecule has 0 fully saturated rings. The fourth-order valence-corrected chi connectivity index (χ4v) is 3.81. The van der Waals surface area contributed by atoms with Gasteiger partial charge >= 0.3 is 5.97 Å². The van der Waals surface area contributed by atoms with Crippen molar-refractivity contribution >= 4 is 40.8 Å². The van der Waals surface area contributed by atoms with E-state index in [0.717, 1.165) is 6.42 Å². The first-order valence-electron chi connectivity index (χ1n) is 9.51. The predicted molar refractivity (Wildman–Crippen MR) is 116 cm³/mol. The van der Waals surface area contributed by atoms with Gasteiger partial charge in [0.2, 0.25) is 5.76 Å². The normalized spacial score (nSPS) is 14.2. The van der Waals surface area contributed by atoms with Crippen LogP contribution in [0.4, 0.5) is 0 Å². The number of carbonyl (C=O) groups excluding carboxylic acids is 2. The lowest BCUT2D eigenvalue weighted by Crippen LogP contribution is -2.22. The fourth-order valence-electron chi connectivity index (χ4n) is 3.36. The van der Waals surface area contributed by atoms with E-state index in [1.807, 2.05) is 0 Å². The number of furan rings is 1. The molecule has 1 amide bonds. The van der Waals surface area contributed by atoms with E-state index in [1.165, 1.54) is 18.3 Å². The van der Waals surface area contributed by atoms with Gasteiger partial charge in [-0.3, -0.25) is 9.78 Å². The Kier molecular flexibility index (Phi) is 6.06. The van der Waals surface area contributed by atoms with Crippen molar-refractivity contribution in [3.63, 3.8) is 0 Å². The van der Waals surface area contributed by atoms with E-state index >= 15 is 0 Å². The number of hydrogen-bond acceptors (Lipinski definition) is 6. The van der Waals surface area contributed by atoms with Crippen LogP contribution in [0, 0.1) is 6.92 Å². The number of hydrogen-bond donors (Lipinski definition) is 1. The van der Waals surface area contributed by atoms with Crippen molar-refractivity contribution in [1.29, 1.82) is 0 Å². The summed E-state index contributed by atoms with van der Waals surface area (Å²) in [4.78, 5) is 28.9. The van der Waals surface area contributed by atoms with Gasteiger partial charge in [-0.1, -0.05) is 23.2 Å². The van der Waals surface area contributed by atoms with E-state index < -0.39 is 5.97 Å². The van der Waals surface area contributed by atoms with E-state index in [1.54, 1.807) is 31.3 Å². The first-order valence-corrected chi connectivity index (χ1v) is 10.3. The summed E-state index contributed by atoms with van der Waals surface area (Å²) in [6.45, 7) is 1.76. The number of nitrogens with one attached hydrogen (secondary N) is 1. The van der Waals surface area contributed by atoms with Crippen LogP contribution in [0.3, 0.4) is 0 Å². The number of ether oxygens (including phenoxy) is 1. The van der Waals surface area contributed by atoms with Gasteiger partial charge in [-0.15, -0.1) is 0 Å². The molecule has 0 bridgehead atoms. The maximum atomic E-state index is 12.7. The third-order valence-electron chi connectivity index (χ3n) is 4.82. The molecule has 0 spiro atoms. The number of pyridine rings is 1. The largest absolute Gasteiger partial charge is 0.453 e.